The van der Waals surface area contributed by atoms with Crippen LogP contribution in [0.3, 0.4) is 0 Å². The molecular weight excluding hydrogens is 352 g/mol. The summed E-state index contributed by atoms with van der Waals surface area (Å²) in [6.07, 6.45) is -0.663. The standard InChI is InChI=1S/C19H28N2O6/c1-12(17(23)26-7)20-16(22)15(13-8-10-14(25-6)11-9-13)21(5)18(24)27-19(2,3)4/h8-12,15H,1-7H3,(H,20,22)/t12-,15-/m0/s1. The highest BCUT2D eigenvalue weighted by Gasteiger charge is 2.33. The summed E-state index contributed by atoms with van der Waals surface area (Å²) < 4.78 is 15.1. The molecule has 1 N–H and O–H groups in total. The summed E-state index contributed by atoms with van der Waals surface area (Å²) in [5, 5.41) is 2.56. The van der Waals surface area contributed by atoms with Crippen molar-refractivity contribution in [1.29, 1.82) is 0 Å². The van der Waals surface area contributed by atoms with Gasteiger partial charge in [0.05, 0.1) is 14.2 Å². The lowest BCUT2D eigenvalue weighted by Crippen LogP contribution is -2.47. The van der Waals surface area contributed by atoms with E-state index >= 15 is 0 Å². The van der Waals surface area contributed by atoms with Crippen LogP contribution in [0.1, 0.15) is 39.3 Å². The molecule has 0 radical (unpaired) electrons. The average molecular weight is 380 g/mol. The third-order valence-electron chi connectivity index (χ3n) is 3.66. The van der Waals surface area contributed by atoms with Gasteiger partial charge in [0, 0.05) is 7.05 Å². The van der Waals surface area contributed by atoms with Crippen molar-refractivity contribution in [2.45, 2.75) is 45.4 Å². The van der Waals surface area contributed by atoms with Crippen LogP contribution in [0.2, 0.25) is 0 Å². The van der Waals surface area contributed by atoms with E-state index in [-0.39, 0.29) is 0 Å². The molecule has 1 aromatic carbocycles. The van der Waals surface area contributed by atoms with Crippen molar-refractivity contribution in [1.82, 2.24) is 10.2 Å². The fraction of sp³-hybridized carbons (Fsp3) is 0.526. The first-order valence-electron chi connectivity index (χ1n) is 8.48. The van der Waals surface area contributed by atoms with Gasteiger partial charge in [0.25, 0.3) is 0 Å². The van der Waals surface area contributed by atoms with E-state index in [1.807, 2.05) is 0 Å². The largest absolute Gasteiger partial charge is 0.497 e. The lowest BCUT2D eigenvalue weighted by Gasteiger charge is -2.30. The molecule has 0 saturated heterocycles. The lowest BCUT2D eigenvalue weighted by molar-refractivity contribution is -0.145. The first-order chi connectivity index (χ1) is 12.5. The Balaban J connectivity index is 3.16. The summed E-state index contributed by atoms with van der Waals surface area (Å²) in [5.74, 6) is -0.510. The molecule has 0 aliphatic heterocycles. The third kappa shape index (κ3) is 6.47. The number of carbonyl (C=O) groups excluding carboxylic acids is 3. The summed E-state index contributed by atoms with van der Waals surface area (Å²) >= 11 is 0. The number of hydrogen-bond donors (Lipinski definition) is 1. The van der Waals surface area contributed by atoms with Crippen molar-refractivity contribution in [2.24, 2.45) is 0 Å². The topological polar surface area (TPSA) is 94.2 Å². The van der Waals surface area contributed by atoms with Gasteiger partial charge in [-0.15, -0.1) is 0 Å². The Morgan fingerprint density at radius 3 is 2.07 bits per heavy atom. The van der Waals surface area contributed by atoms with Gasteiger partial charge in [0.1, 0.15) is 23.4 Å². The molecule has 2 amide bonds. The maximum atomic E-state index is 12.8. The number of ether oxygens (including phenoxy) is 3. The molecule has 0 saturated carbocycles. The number of carbonyl (C=O) groups is 3. The minimum absolute atomic E-state index is 0.536. The molecule has 1 rings (SSSR count). The van der Waals surface area contributed by atoms with Crippen LogP contribution in [0.15, 0.2) is 24.3 Å². The molecule has 27 heavy (non-hydrogen) atoms. The van der Waals surface area contributed by atoms with Crippen molar-refractivity contribution < 1.29 is 28.6 Å². The first kappa shape index (κ1) is 22.3. The predicted octanol–water partition coefficient (Wildman–Crippen LogP) is 2.28. The van der Waals surface area contributed by atoms with Crippen LogP contribution >= 0.6 is 0 Å². The number of rotatable bonds is 6. The van der Waals surface area contributed by atoms with Gasteiger partial charge < -0.3 is 19.5 Å². The smallest absolute Gasteiger partial charge is 0.410 e. The van der Waals surface area contributed by atoms with Crippen LogP contribution < -0.4 is 10.1 Å². The molecule has 0 spiro atoms. The Hall–Kier alpha value is -2.77. The highest BCUT2D eigenvalue weighted by atomic mass is 16.6. The summed E-state index contributed by atoms with van der Waals surface area (Å²) in [4.78, 5) is 38.1. The minimum atomic E-state index is -1.00. The fourth-order valence-electron chi connectivity index (χ4n) is 2.30. The molecule has 150 valence electrons. The minimum Gasteiger partial charge on any atom is -0.497 e. The number of hydrogen-bond acceptors (Lipinski definition) is 6. The van der Waals surface area contributed by atoms with Crippen LogP contribution in [0, 0.1) is 0 Å². The van der Waals surface area contributed by atoms with Gasteiger partial charge in [-0.25, -0.2) is 9.59 Å². The summed E-state index contributed by atoms with van der Waals surface area (Å²) in [7, 11) is 4.23. The number of nitrogens with zero attached hydrogens (tertiary/aromatic N) is 1. The zero-order valence-electron chi connectivity index (χ0n) is 16.9. The Morgan fingerprint density at radius 2 is 1.63 bits per heavy atom. The summed E-state index contributed by atoms with van der Waals surface area (Å²) in [6.45, 7) is 6.71. The SMILES string of the molecule is COC(=O)[C@H](C)NC(=O)[C@H](c1ccc(OC)cc1)N(C)C(=O)OC(C)(C)C. The Labute approximate surface area is 159 Å². The second-order valence-corrected chi connectivity index (χ2v) is 7.02. The molecule has 8 heteroatoms. The lowest BCUT2D eigenvalue weighted by atomic mass is 10.0. The normalized spacial score (nSPS) is 13.1. The van der Waals surface area contributed by atoms with Crippen molar-refractivity contribution in [3.8, 4) is 5.75 Å². The van der Waals surface area contributed by atoms with Crippen molar-refractivity contribution >= 4 is 18.0 Å². The van der Waals surface area contributed by atoms with Crippen molar-refractivity contribution in [3.63, 3.8) is 0 Å². The van der Waals surface area contributed by atoms with Gasteiger partial charge in [0.2, 0.25) is 5.91 Å². The van der Waals surface area contributed by atoms with E-state index in [4.69, 9.17) is 9.47 Å². The average Bonchev–Trinajstić information content (AvgIpc) is 2.60. The number of esters is 1. The van der Waals surface area contributed by atoms with E-state index in [9.17, 15) is 14.4 Å². The molecule has 0 fully saturated rings. The molecule has 2 atom stereocenters. The second kappa shape index (κ2) is 9.25. The first-order valence-corrected chi connectivity index (χ1v) is 8.48. The van der Waals surface area contributed by atoms with Crippen LogP contribution in [0.4, 0.5) is 4.79 Å². The van der Waals surface area contributed by atoms with E-state index < -0.39 is 35.7 Å². The van der Waals surface area contributed by atoms with E-state index in [0.717, 1.165) is 0 Å². The van der Waals surface area contributed by atoms with E-state index in [2.05, 4.69) is 10.1 Å². The molecular formula is C19H28N2O6. The zero-order valence-corrected chi connectivity index (χ0v) is 16.9. The number of methoxy groups -OCH3 is 2. The molecule has 1 aromatic rings. The second-order valence-electron chi connectivity index (χ2n) is 7.02. The molecule has 0 heterocycles. The van der Waals surface area contributed by atoms with Gasteiger partial charge >= 0.3 is 12.1 Å². The third-order valence-corrected chi connectivity index (χ3v) is 3.66. The zero-order chi connectivity index (χ0) is 20.8. The maximum absolute atomic E-state index is 12.8. The number of amides is 2. The van der Waals surface area contributed by atoms with Gasteiger partial charge in [-0.3, -0.25) is 9.69 Å². The van der Waals surface area contributed by atoms with Gasteiger partial charge in [-0.05, 0) is 45.4 Å². The molecule has 8 nitrogen and oxygen atoms in total. The van der Waals surface area contributed by atoms with E-state index in [1.54, 1.807) is 45.0 Å². The number of nitrogens with one attached hydrogen (secondary N) is 1. The fourth-order valence-corrected chi connectivity index (χ4v) is 2.30. The Kier molecular flexibility index (Phi) is 7.63. The predicted molar refractivity (Wildman–Crippen MR) is 99.4 cm³/mol. The summed E-state index contributed by atoms with van der Waals surface area (Å²) in [5.41, 5.74) is -0.176. The number of likely N-dealkylation sites (N-methyl/N-ethyl adjacent to an activating group) is 1. The molecule has 0 aliphatic rings. The van der Waals surface area contributed by atoms with Gasteiger partial charge in [-0.2, -0.15) is 0 Å². The van der Waals surface area contributed by atoms with Gasteiger partial charge in [-0.1, -0.05) is 12.1 Å². The van der Waals surface area contributed by atoms with E-state index in [0.29, 0.717) is 11.3 Å². The van der Waals surface area contributed by atoms with Crippen LogP contribution in [-0.4, -0.2) is 55.8 Å². The van der Waals surface area contributed by atoms with Crippen molar-refractivity contribution in [3.05, 3.63) is 29.8 Å². The Bertz CT molecular complexity index is 666. The monoisotopic (exact) mass is 380 g/mol. The maximum Gasteiger partial charge on any atom is 0.410 e. The van der Waals surface area contributed by atoms with Gasteiger partial charge in [0.15, 0.2) is 0 Å². The van der Waals surface area contributed by atoms with Crippen LogP contribution in [-0.2, 0) is 19.1 Å². The summed E-state index contributed by atoms with van der Waals surface area (Å²) in [6, 6.07) is 4.84. The molecule has 0 aromatic heterocycles. The number of benzene rings is 1. The van der Waals surface area contributed by atoms with E-state index in [1.165, 1.54) is 33.1 Å². The highest BCUT2D eigenvalue weighted by molar-refractivity contribution is 5.90. The van der Waals surface area contributed by atoms with Crippen molar-refractivity contribution in [2.75, 3.05) is 21.3 Å². The Morgan fingerprint density at radius 1 is 1.07 bits per heavy atom. The quantitative estimate of drug-likeness (QED) is 0.761. The molecule has 0 bridgehead atoms. The van der Waals surface area contributed by atoms with Crippen LogP contribution in [0.5, 0.6) is 5.75 Å². The molecule has 0 unspecified atom stereocenters. The molecule has 0 aliphatic carbocycles. The highest BCUT2D eigenvalue weighted by Crippen LogP contribution is 2.24. The van der Waals surface area contributed by atoms with Crippen LogP contribution in [0.25, 0.3) is 0 Å².